The van der Waals surface area contributed by atoms with Crippen LogP contribution >= 0.6 is 0 Å². The number of fused-ring (bicyclic) bond motifs is 5. The molecule has 4 aromatic carbocycles. The molecule has 0 aliphatic carbocycles. The largest absolute Gasteiger partial charge is 0.493 e. The lowest BCUT2D eigenvalue weighted by Crippen LogP contribution is -2.35. The highest BCUT2D eigenvalue weighted by Gasteiger charge is 2.45. The zero-order valence-electron chi connectivity index (χ0n) is 18.5. The van der Waals surface area contributed by atoms with Crippen LogP contribution < -0.4 is 4.74 Å². The van der Waals surface area contributed by atoms with E-state index in [1.807, 2.05) is 18.2 Å². The molecule has 0 radical (unpaired) electrons. The van der Waals surface area contributed by atoms with Crippen LogP contribution in [-0.4, -0.2) is 24.9 Å². The van der Waals surface area contributed by atoms with Gasteiger partial charge in [0.2, 0.25) is 0 Å². The van der Waals surface area contributed by atoms with E-state index in [1.165, 1.54) is 27.5 Å². The van der Waals surface area contributed by atoms with Crippen LogP contribution in [0.4, 0.5) is 0 Å². The Bertz CT molecular complexity index is 1230. The SMILES string of the molecule is c1ccc(COC[C@@H](c2ccccc2)N2OC[C@H]3COc4ccc5ccccc5c4[C@H]32)cc1. The molecule has 4 heteroatoms. The Balaban J connectivity index is 1.36. The van der Waals surface area contributed by atoms with Gasteiger partial charge in [-0.1, -0.05) is 91.0 Å². The molecule has 0 unspecified atom stereocenters. The third-order valence-corrected chi connectivity index (χ3v) is 6.72. The van der Waals surface area contributed by atoms with E-state index in [0.717, 1.165) is 5.75 Å². The van der Waals surface area contributed by atoms with Gasteiger partial charge in [-0.05, 0) is 28.0 Å². The third kappa shape index (κ3) is 3.91. The minimum atomic E-state index is -0.0187. The Kier molecular flexibility index (Phi) is 5.56. The molecule has 166 valence electrons. The Hall–Kier alpha value is -3.18. The van der Waals surface area contributed by atoms with Gasteiger partial charge in [0.05, 0.1) is 38.5 Å². The van der Waals surface area contributed by atoms with E-state index in [9.17, 15) is 0 Å². The first-order valence-electron chi connectivity index (χ1n) is 11.6. The molecule has 4 aromatic rings. The molecule has 33 heavy (non-hydrogen) atoms. The molecule has 0 amide bonds. The number of rotatable bonds is 6. The molecule has 0 saturated carbocycles. The van der Waals surface area contributed by atoms with Crippen LogP contribution in [0.2, 0.25) is 0 Å². The van der Waals surface area contributed by atoms with Crippen molar-refractivity contribution in [1.29, 1.82) is 0 Å². The van der Waals surface area contributed by atoms with Crippen LogP contribution in [0.3, 0.4) is 0 Å². The monoisotopic (exact) mass is 437 g/mol. The summed E-state index contributed by atoms with van der Waals surface area (Å²) in [6.07, 6.45) is 0. The van der Waals surface area contributed by atoms with Gasteiger partial charge in [0.15, 0.2) is 0 Å². The first-order chi connectivity index (χ1) is 16.4. The highest BCUT2D eigenvalue weighted by molar-refractivity contribution is 5.88. The molecule has 6 rings (SSSR count). The minimum absolute atomic E-state index is 0.0187. The molecular formula is C29H27NO3. The van der Waals surface area contributed by atoms with E-state index in [-0.39, 0.29) is 18.0 Å². The lowest BCUT2D eigenvalue weighted by molar-refractivity contribution is -0.180. The van der Waals surface area contributed by atoms with Crippen LogP contribution in [0, 0.1) is 5.92 Å². The molecule has 1 fully saturated rings. The summed E-state index contributed by atoms with van der Waals surface area (Å²) >= 11 is 0. The second-order valence-electron chi connectivity index (χ2n) is 8.80. The molecule has 4 nitrogen and oxygen atoms in total. The van der Waals surface area contributed by atoms with Crippen molar-refractivity contribution in [3.8, 4) is 5.75 Å². The van der Waals surface area contributed by atoms with Crippen LogP contribution in [0.15, 0.2) is 97.1 Å². The van der Waals surface area contributed by atoms with Crippen molar-refractivity contribution in [2.75, 3.05) is 19.8 Å². The van der Waals surface area contributed by atoms with E-state index in [0.29, 0.717) is 26.4 Å². The van der Waals surface area contributed by atoms with Crippen molar-refractivity contribution in [3.63, 3.8) is 0 Å². The molecule has 0 N–H and O–H groups in total. The fourth-order valence-corrected chi connectivity index (χ4v) is 5.10. The number of ether oxygens (including phenoxy) is 2. The van der Waals surface area contributed by atoms with E-state index in [2.05, 4.69) is 83.9 Å². The fourth-order valence-electron chi connectivity index (χ4n) is 5.10. The molecule has 0 spiro atoms. The van der Waals surface area contributed by atoms with E-state index in [1.54, 1.807) is 0 Å². The minimum Gasteiger partial charge on any atom is -0.493 e. The number of hydrogen-bond donors (Lipinski definition) is 0. The second kappa shape index (κ2) is 8.99. The molecule has 1 saturated heterocycles. The predicted molar refractivity (Wildman–Crippen MR) is 129 cm³/mol. The first-order valence-corrected chi connectivity index (χ1v) is 11.6. The predicted octanol–water partition coefficient (Wildman–Crippen LogP) is 6.09. The molecule has 0 aromatic heterocycles. The standard InChI is InChI=1S/C29H27NO3/c1-3-9-21(10-4-1)17-31-20-26(23-12-5-2-6-13-23)30-29-24(19-33-30)18-32-27-16-15-22-11-7-8-14-25(22)28(27)29/h1-16,24,26,29H,17-20H2/t24-,26+,29+/m1/s1. The van der Waals surface area contributed by atoms with Gasteiger partial charge in [0, 0.05) is 11.5 Å². The van der Waals surface area contributed by atoms with Gasteiger partial charge < -0.3 is 9.47 Å². The molecule has 2 aliphatic rings. The molecular weight excluding hydrogens is 410 g/mol. The van der Waals surface area contributed by atoms with Crippen LogP contribution in [-0.2, 0) is 16.2 Å². The van der Waals surface area contributed by atoms with Gasteiger partial charge in [-0.2, -0.15) is 5.06 Å². The number of hydrogen-bond acceptors (Lipinski definition) is 4. The van der Waals surface area contributed by atoms with Crippen molar-refractivity contribution in [3.05, 3.63) is 114 Å². The Morgan fingerprint density at radius 1 is 0.818 bits per heavy atom. The van der Waals surface area contributed by atoms with Crippen molar-refractivity contribution >= 4 is 10.8 Å². The zero-order valence-corrected chi connectivity index (χ0v) is 18.5. The maximum absolute atomic E-state index is 6.40. The summed E-state index contributed by atoms with van der Waals surface area (Å²) in [4.78, 5) is 6.40. The summed E-state index contributed by atoms with van der Waals surface area (Å²) in [6, 6.07) is 33.8. The maximum Gasteiger partial charge on any atom is 0.124 e. The number of nitrogens with zero attached hydrogens (tertiary/aromatic N) is 1. The Morgan fingerprint density at radius 3 is 2.42 bits per heavy atom. The summed E-state index contributed by atoms with van der Waals surface area (Å²) in [5, 5.41) is 4.64. The lowest BCUT2D eigenvalue weighted by Gasteiger charge is -2.36. The van der Waals surface area contributed by atoms with Gasteiger partial charge >= 0.3 is 0 Å². The first kappa shape index (κ1) is 20.4. The molecule has 2 heterocycles. The fraction of sp³-hybridized carbons (Fsp3) is 0.241. The van der Waals surface area contributed by atoms with Gasteiger partial charge in [-0.3, -0.25) is 4.84 Å². The van der Waals surface area contributed by atoms with Gasteiger partial charge in [0.1, 0.15) is 5.75 Å². The summed E-state index contributed by atoms with van der Waals surface area (Å²) in [7, 11) is 0. The average molecular weight is 438 g/mol. The highest BCUT2D eigenvalue weighted by Crippen LogP contribution is 2.49. The lowest BCUT2D eigenvalue weighted by atomic mass is 9.87. The zero-order chi connectivity index (χ0) is 22.0. The Morgan fingerprint density at radius 2 is 1.58 bits per heavy atom. The van der Waals surface area contributed by atoms with Crippen LogP contribution in [0.1, 0.15) is 28.8 Å². The normalized spacial score (nSPS) is 20.7. The second-order valence-corrected chi connectivity index (χ2v) is 8.80. The molecule has 0 bridgehead atoms. The van der Waals surface area contributed by atoms with Crippen molar-refractivity contribution < 1.29 is 14.3 Å². The van der Waals surface area contributed by atoms with Crippen molar-refractivity contribution in [1.82, 2.24) is 5.06 Å². The average Bonchev–Trinajstić information content (AvgIpc) is 3.31. The summed E-state index contributed by atoms with van der Waals surface area (Å²) < 4.78 is 12.4. The van der Waals surface area contributed by atoms with Crippen LogP contribution in [0.25, 0.3) is 10.8 Å². The quantitative estimate of drug-likeness (QED) is 0.365. The van der Waals surface area contributed by atoms with E-state index < -0.39 is 0 Å². The van der Waals surface area contributed by atoms with Gasteiger partial charge in [0.25, 0.3) is 0 Å². The highest BCUT2D eigenvalue weighted by atomic mass is 16.7. The van der Waals surface area contributed by atoms with E-state index >= 15 is 0 Å². The summed E-state index contributed by atoms with van der Waals surface area (Å²) in [6.45, 7) is 2.44. The third-order valence-electron chi connectivity index (χ3n) is 6.72. The van der Waals surface area contributed by atoms with Crippen molar-refractivity contribution in [2.45, 2.75) is 18.7 Å². The van der Waals surface area contributed by atoms with Crippen molar-refractivity contribution in [2.24, 2.45) is 5.92 Å². The maximum atomic E-state index is 6.40. The molecule has 2 aliphatic heterocycles. The van der Waals surface area contributed by atoms with Gasteiger partial charge in [-0.25, -0.2) is 0 Å². The molecule has 3 atom stereocenters. The number of hydroxylamine groups is 2. The summed E-state index contributed by atoms with van der Waals surface area (Å²) in [5.74, 6) is 1.24. The topological polar surface area (TPSA) is 30.9 Å². The smallest absolute Gasteiger partial charge is 0.124 e. The Labute approximate surface area is 194 Å². The number of benzene rings is 4. The summed E-state index contributed by atoms with van der Waals surface area (Å²) in [5.41, 5.74) is 3.59. The van der Waals surface area contributed by atoms with Gasteiger partial charge in [-0.15, -0.1) is 0 Å². The van der Waals surface area contributed by atoms with Crippen LogP contribution in [0.5, 0.6) is 5.75 Å². The van der Waals surface area contributed by atoms with E-state index in [4.69, 9.17) is 14.3 Å².